The van der Waals surface area contributed by atoms with E-state index in [9.17, 15) is 9.18 Å². The van der Waals surface area contributed by atoms with E-state index < -0.39 is 0 Å². The zero-order valence-electron chi connectivity index (χ0n) is 18.1. The molecule has 0 bridgehead atoms. The zero-order chi connectivity index (χ0) is 21.4. The van der Waals surface area contributed by atoms with Gasteiger partial charge in [-0.2, -0.15) is 0 Å². The third kappa shape index (κ3) is 4.06. The Kier molecular flexibility index (Phi) is 5.67. The third-order valence-electron chi connectivity index (χ3n) is 7.18. The van der Waals surface area contributed by atoms with E-state index in [4.69, 9.17) is 4.74 Å². The third-order valence-corrected chi connectivity index (χ3v) is 7.18. The largest absolute Gasteiger partial charge is 0.497 e. The number of carbonyl (C=O) groups is 1. The number of benzene rings is 2. The van der Waals surface area contributed by atoms with Gasteiger partial charge in [0, 0.05) is 37.9 Å². The molecule has 1 N–H and O–H groups in total. The summed E-state index contributed by atoms with van der Waals surface area (Å²) >= 11 is 0. The number of halogens is 1. The predicted octanol–water partition coefficient (Wildman–Crippen LogP) is 3.96. The summed E-state index contributed by atoms with van der Waals surface area (Å²) in [7, 11) is 1.73. The number of anilines is 1. The van der Waals surface area contributed by atoms with Crippen LogP contribution in [-0.4, -0.2) is 55.5 Å². The van der Waals surface area contributed by atoms with Crippen molar-refractivity contribution in [2.24, 2.45) is 0 Å². The molecule has 5 nitrogen and oxygen atoms in total. The Bertz CT molecular complexity index is 971. The lowest BCUT2D eigenvalue weighted by atomic mass is 9.86. The summed E-state index contributed by atoms with van der Waals surface area (Å²) < 4.78 is 19.1. The van der Waals surface area contributed by atoms with Crippen LogP contribution in [0.2, 0.25) is 0 Å². The molecule has 2 aliphatic heterocycles. The Hall–Kier alpha value is -2.44. The second kappa shape index (κ2) is 8.60. The van der Waals surface area contributed by atoms with Gasteiger partial charge in [0.25, 0.3) is 0 Å². The Balaban J connectivity index is 1.19. The van der Waals surface area contributed by atoms with Gasteiger partial charge in [-0.05, 0) is 79.3 Å². The summed E-state index contributed by atoms with van der Waals surface area (Å²) in [5.41, 5.74) is 4.45. The lowest BCUT2D eigenvalue weighted by Gasteiger charge is -2.41. The number of hydrogen-bond donors (Lipinski definition) is 1. The lowest BCUT2D eigenvalue weighted by molar-refractivity contribution is -0.117. The van der Waals surface area contributed by atoms with E-state index in [1.165, 1.54) is 36.1 Å². The molecule has 0 spiro atoms. The van der Waals surface area contributed by atoms with Crippen LogP contribution in [0.15, 0.2) is 36.4 Å². The number of carbonyl (C=O) groups excluding carboxylic acids is 1. The normalized spacial score (nSPS) is 23.9. The van der Waals surface area contributed by atoms with Crippen molar-refractivity contribution in [3.05, 3.63) is 58.9 Å². The molecule has 2 heterocycles. The van der Waals surface area contributed by atoms with Gasteiger partial charge in [0.15, 0.2) is 0 Å². The van der Waals surface area contributed by atoms with E-state index in [2.05, 4.69) is 33.3 Å². The maximum atomic E-state index is 13.7. The van der Waals surface area contributed by atoms with E-state index in [-0.39, 0.29) is 17.6 Å². The van der Waals surface area contributed by atoms with Crippen molar-refractivity contribution in [2.45, 2.75) is 37.6 Å². The van der Waals surface area contributed by atoms with Gasteiger partial charge in [0.2, 0.25) is 5.91 Å². The summed E-state index contributed by atoms with van der Waals surface area (Å²) in [4.78, 5) is 17.4. The average molecular weight is 424 g/mol. The quantitative estimate of drug-likeness (QED) is 0.791. The van der Waals surface area contributed by atoms with Crippen molar-refractivity contribution >= 4 is 11.6 Å². The number of methoxy groups -OCH3 is 1. The molecule has 1 fully saturated rings. The van der Waals surface area contributed by atoms with Crippen LogP contribution in [0.25, 0.3) is 0 Å². The second-order valence-electron chi connectivity index (χ2n) is 8.91. The molecule has 1 saturated heterocycles. The molecule has 2 aromatic rings. The van der Waals surface area contributed by atoms with Gasteiger partial charge in [-0.25, -0.2) is 4.39 Å². The number of fused-ring (bicyclic) bond motifs is 2. The average Bonchev–Trinajstić information content (AvgIpc) is 3.11. The van der Waals surface area contributed by atoms with Crippen LogP contribution in [0.3, 0.4) is 0 Å². The lowest BCUT2D eigenvalue weighted by Crippen LogP contribution is -2.48. The standard InChI is InChI=1S/C25H30FN3O2/c1-31-19-7-5-17-3-2-4-24(21(17)16-19)29-13-11-28(12-14-29)10-9-20-22-15-18(26)6-8-23(22)27-25(20)30/h5-8,15-16,20,24H,2-4,9-14H2,1H3,(H,27,30). The Morgan fingerprint density at radius 3 is 2.74 bits per heavy atom. The van der Waals surface area contributed by atoms with Crippen molar-refractivity contribution in [1.29, 1.82) is 0 Å². The van der Waals surface area contributed by atoms with Crippen molar-refractivity contribution in [3.8, 4) is 5.75 Å². The molecule has 2 unspecified atom stereocenters. The van der Waals surface area contributed by atoms with Crippen LogP contribution in [0.1, 0.15) is 47.9 Å². The second-order valence-corrected chi connectivity index (χ2v) is 8.91. The molecule has 1 amide bonds. The van der Waals surface area contributed by atoms with Crippen LogP contribution < -0.4 is 10.1 Å². The summed E-state index contributed by atoms with van der Waals surface area (Å²) in [6, 6.07) is 11.6. The van der Waals surface area contributed by atoms with Gasteiger partial charge < -0.3 is 15.0 Å². The van der Waals surface area contributed by atoms with Crippen LogP contribution >= 0.6 is 0 Å². The van der Waals surface area contributed by atoms with Gasteiger partial charge >= 0.3 is 0 Å². The van der Waals surface area contributed by atoms with Gasteiger partial charge in [-0.1, -0.05) is 6.07 Å². The summed E-state index contributed by atoms with van der Waals surface area (Å²) in [6.45, 7) is 4.92. The van der Waals surface area contributed by atoms with Crippen molar-refractivity contribution in [1.82, 2.24) is 9.80 Å². The highest BCUT2D eigenvalue weighted by molar-refractivity contribution is 6.02. The van der Waals surface area contributed by atoms with Crippen molar-refractivity contribution < 1.29 is 13.9 Å². The Morgan fingerprint density at radius 2 is 1.94 bits per heavy atom. The molecular formula is C25H30FN3O2. The monoisotopic (exact) mass is 423 g/mol. The number of nitrogens with zero attached hydrogens (tertiary/aromatic N) is 2. The molecule has 2 atom stereocenters. The summed E-state index contributed by atoms with van der Waals surface area (Å²) in [5, 5.41) is 2.89. The highest BCUT2D eigenvalue weighted by Crippen LogP contribution is 2.38. The molecule has 1 aliphatic carbocycles. The first-order valence-electron chi connectivity index (χ1n) is 11.4. The highest BCUT2D eigenvalue weighted by atomic mass is 19.1. The molecule has 31 heavy (non-hydrogen) atoms. The number of piperazine rings is 1. The highest BCUT2D eigenvalue weighted by Gasteiger charge is 2.32. The molecule has 0 aromatic heterocycles. The molecule has 2 aromatic carbocycles. The van der Waals surface area contributed by atoms with Gasteiger partial charge in [0.1, 0.15) is 11.6 Å². The maximum absolute atomic E-state index is 13.7. The summed E-state index contributed by atoms with van der Waals surface area (Å²) in [6.07, 6.45) is 4.31. The van der Waals surface area contributed by atoms with Crippen LogP contribution in [0.4, 0.5) is 10.1 Å². The molecule has 5 rings (SSSR count). The van der Waals surface area contributed by atoms with Crippen LogP contribution in [0, 0.1) is 5.82 Å². The van der Waals surface area contributed by atoms with E-state index in [0.29, 0.717) is 6.04 Å². The number of aryl methyl sites for hydroxylation is 1. The zero-order valence-corrected chi connectivity index (χ0v) is 18.1. The number of nitrogens with one attached hydrogen (secondary N) is 1. The number of ether oxygens (including phenoxy) is 1. The first-order chi connectivity index (χ1) is 15.1. The number of hydrogen-bond acceptors (Lipinski definition) is 4. The minimum absolute atomic E-state index is 0.00741. The van der Waals surface area contributed by atoms with E-state index in [0.717, 1.165) is 62.6 Å². The van der Waals surface area contributed by atoms with Crippen LogP contribution in [0.5, 0.6) is 5.75 Å². The number of amides is 1. The fraction of sp³-hybridized carbons (Fsp3) is 0.480. The SMILES string of the molecule is COc1ccc2c(c1)C(N1CCN(CCC3C(=O)Nc4ccc(F)cc43)CC1)CCC2. The molecule has 164 valence electrons. The van der Waals surface area contributed by atoms with E-state index in [1.54, 1.807) is 13.2 Å². The van der Waals surface area contributed by atoms with Crippen molar-refractivity contribution in [3.63, 3.8) is 0 Å². The number of rotatable bonds is 5. The predicted molar refractivity (Wildman–Crippen MR) is 119 cm³/mol. The smallest absolute Gasteiger partial charge is 0.232 e. The Labute approximate surface area is 183 Å². The van der Waals surface area contributed by atoms with Gasteiger partial charge in [-0.15, -0.1) is 0 Å². The van der Waals surface area contributed by atoms with Gasteiger partial charge in [-0.3, -0.25) is 9.69 Å². The molecular weight excluding hydrogens is 393 g/mol. The van der Waals surface area contributed by atoms with E-state index >= 15 is 0 Å². The first kappa shape index (κ1) is 20.5. The van der Waals surface area contributed by atoms with Crippen molar-refractivity contribution in [2.75, 3.05) is 45.2 Å². The maximum Gasteiger partial charge on any atom is 0.232 e. The minimum atomic E-state index is -0.279. The molecule has 6 heteroatoms. The van der Waals surface area contributed by atoms with Crippen LogP contribution in [-0.2, 0) is 11.2 Å². The fourth-order valence-corrected chi connectivity index (χ4v) is 5.45. The Morgan fingerprint density at radius 1 is 1.10 bits per heavy atom. The first-order valence-corrected chi connectivity index (χ1v) is 11.4. The van der Waals surface area contributed by atoms with Gasteiger partial charge in [0.05, 0.1) is 13.0 Å². The topological polar surface area (TPSA) is 44.8 Å². The minimum Gasteiger partial charge on any atom is -0.497 e. The molecule has 0 radical (unpaired) electrons. The summed E-state index contributed by atoms with van der Waals surface area (Å²) in [5.74, 6) is 0.405. The van der Waals surface area contributed by atoms with E-state index in [1.807, 2.05) is 0 Å². The molecule has 3 aliphatic rings. The fourth-order valence-electron chi connectivity index (χ4n) is 5.45. The molecule has 0 saturated carbocycles.